The maximum Gasteiger partial charge on any atom is 0.123 e. The minimum Gasteiger partial charge on any atom is -0.389 e. The predicted molar refractivity (Wildman–Crippen MR) is 89.9 cm³/mol. The first kappa shape index (κ1) is 16.6. The van der Waals surface area contributed by atoms with Gasteiger partial charge in [0.15, 0.2) is 0 Å². The van der Waals surface area contributed by atoms with E-state index in [9.17, 15) is 9.50 Å². The Kier molecular flexibility index (Phi) is 5.78. The number of rotatable bonds is 7. The summed E-state index contributed by atoms with van der Waals surface area (Å²) in [4.78, 5) is 3.44. The summed E-state index contributed by atoms with van der Waals surface area (Å²) in [7, 11) is 0. The van der Waals surface area contributed by atoms with Crippen LogP contribution in [0.25, 0.3) is 0 Å². The van der Waals surface area contributed by atoms with Gasteiger partial charge in [0.1, 0.15) is 5.82 Å². The van der Waals surface area contributed by atoms with Crippen molar-refractivity contribution in [3.05, 3.63) is 58.0 Å². The van der Waals surface area contributed by atoms with Crippen molar-refractivity contribution in [1.29, 1.82) is 0 Å². The quantitative estimate of drug-likeness (QED) is 0.839. The average molecular weight is 335 g/mol. The van der Waals surface area contributed by atoms with E-state index in [1.54, 1.807) is 11.3 Å². The van der Waals surface area contributed by atoms with Crippen LogP contribution in [0.5, 0.6) is 0 Å². The minimum absolute atomic E-state index is 0.208. The lowest BCUT2D eigenvalue weighted by Crippen LogP contribution is -2.34. The van der Waals surface area contributed by atoms with E-state index < -0.39 is 6.10 Å². The van der Waals surface area contributed by atoms with Crippen LogP contribution >= 0.6 is 11.3 Å². The van der Waals surface area contributed by atoms with E-state index in [0.717, 1.165) is 24.9 Å². The third-order valence-electron chi connectivity index (χ3n) is 4.20. The van der Waals surface area contributed by atoms with Crippen LogP contribution in [0.15, 0.2) is 41.8 Å². The van der Waals surface area contributed by atoms with Gasteiger partial charge in [0.05, 0.1) is 19.3 Å². The van der Waals surface area contributed by atoms with Crippen LogP contribution < -0.4 is 0 Å². The summed E-state index contributed by atoms with van der Waals surface area (Å²) in [5, 5.41) is 12.2. The van der Waals surface area contributed by atoms with Crippen LogP contribution in [0.4, 0.5) is 4.39 Å². The summed E-state index contributed by atoms with van der Waals surface area (Å²) < 4.78 is 18.7. The van der Waals surface area contributed by atoms with E-state index in [2.05, 4.69) is 4.90 Å². The zero-order chi connectivity index (χ0) is 16.1. The lowest BCUT2D eigenvalue weighted by atomic mass is 10.0. The summed E-state index contributed by atoms with van der Waals surface area (Å²) >= 11 is 1.66. The SMILES string of the molecule is OC(COCc1cccs1)CN1CCCC1c1ccc(F)cc1. The van der Waals surface area contributed by atoms with Gasteiger partial charge in [-0.25, -0.2) is 4.39 Å². The van der Waals surface area contributed by atoms with Crippen LogP contribution in [0, 0.1) is 5.82 Å². The molecule has 0 saturated carbocycles. The van der Waals surface area contributed by atoms with Crippen molar-refractivity contribution in [2.45, 2.75) is 31.6 Å². The minimum atomic E-state index is -0.504. The van der Waals surface area contributed by atoms with Gasteiger partial charge in [-0.15, -0.1) is 11.3 Å². The molecule has 1 saturated heterocycles. The van der Waals surface area contributed by atoms with E-state index >= 15 is 0 Å². The number of hydrogen-bond acceptors (Lipinski definition) is 4. The topological polar surface area (TPSA) is 32.7 Å². The Morgan fingerprint density at radius 1 is 1.30 bits per heavy atom. The van der Waals surface area contributed by atoms with E-state index in [1.807, 2.05) is 29.6 Å². The highest BCUT2D eigenvalue weighted by Crippen LogP contribution is 2.31. The molecule has 3 nitrogen and oxygen atoms in total. The van der Waals surface area contributed by atoms with Crippen molar-refractivity contribution in [3.63, 3.8) is 0 Å². The standard InChI is InChI=1S/C18H22FNO2S/c19-15-7-5-14(6-8-15)18-4-1-9-20(18)11-16(21)12-22-13-17-3-2-10-23-17/h2-3,5-8,10,16,18,21H,1,4,9,11-13H2. The monoisotopic (exact) mass is 335 g/mol. The molecule has 3 rings (SSSR count). The third kappa shape index (κ3) is 4.61. The summed E-state index contributed by atoms with van der Waals surface area (Å²) in [5.74, 6) is -0.208. The number of thiophene rings is 1. The number of aliphatic hydroxyl groups excluding tert-OH is 1. The fraction of sp³-hybridized carbons (Fsp3) is 0.444. The Hall–Kier alpha value is -1.27. The highest BCUT2D eigenvalue weighted by Gasteiger charge is 2.27. The number of likely N-dealkylation sites (tertiary alicyclic amines) is 1. The van der Waals surface area contributed by atoms with Crippen molar-refractivity contribution in [3.8, 4) is 0 Å². The number of benzene rings is 1. The first-order valence-electron chi connectivity index (χ1n) is 8.00. The molecule has 23 heavy (non-hydrogen) atoms. The second-order valence-electron chi connectivity index (χ2n) is 5.95. The summed E-state index contributed by atoms with van der Waals surface area (Å²) in [5.41, 5.74) is 1.12. The molecule has 1 aliphatic heterocycles. The van der Waals surface area contributed by atoms with Crippen LogP contribution in [-0.2, 0) is 11.3 Å². The van der Waals surface area contributed by atoms with Gasteiger partial charge in [0.25, 0.3) is 0 Å². The lowest BCUT2D eigenvalue weighted by molar-refractivity contribution is 0.00847. The maximum absolute atomic E-state index is 13.1. The smallest absolute Gasteiger partial charge is 0.123 e. The summed E-state index contributed by atoms with van der Waals surface area (Å²) in [6.07, 6.45) is 1.65. The number of β-amino-alcohol motifs (C(OH)–C–C–N with tert-alkyl or cyclic N) is 1. The highest BCUT2D eigenvalue weighted by atomic mass is 32.1. The maximum atomic E-state index is 13.1. The molecular formula is C18H22FNO2S. The molecule has 1 fully saturated rings. The Labute approximate surface area is 140 Å². The van der Waals surface area contributed by atoms with Crippen LogP contribution in [0.3, 0.4) is 0 Å². The molecule has 1 N–H and O–H groups in total. The number of aliphatic hydroxyl groups is 1. The first-order valence-corrected chi connectivity index (χ1v) is 8.88. The molecular weight excluding hydrogens is 313 g/mol. The largest absolute Gasteiger partial charge is 0.389 e. The van der Waals surface area contributed by atoms with Crippen LogP contribution in [-0.4, -0.2) is 35.8 Å². The van der Waals surface area contributed by atoms with Crippen molar-refractivity contribution in [1.82, 2.24) is 4.90 Å². The molecule has 0 bridgehead atoms. The number of ether oxygens (including phenoxy) is 1. The molecule has 5 heteroatoms. The van der Waals surface area contributed by atoms with Gasteiger partial charge in [0.2, 0.25) is 0 Å². The van der Waals surface area contributed by atoms with Crippen molar-refractivity contribution >= 4 is 11.3 Å². The molecule has 0 aliphatic carbocycles. The van der Waals surface area contributed by atoms with Crippen molar-refractivity contribution in [2.24, 2.45) is 0 Å². The molecule has 2 aromatic rings. The Balaban J connectivity index is 1.48. The highest BCUT2D eigenvalue weighted by molar-refractivity contribution is 7.09. The normalized spacial score (nSPS) is 20.0. The molecule has 1 aliphatic rings. The van der Waals surface area contributed by atoms with Gasteiger partial charge in [-0.05, 0) is 48.5 Å². The Bertz CT molecular complexity index is 588. The predicted octanol–water partition coefficient (Wildman–Crippen LogP) is 3.60. The second-order valence-corrected chi connectivity index (χ2v) is 6.99. The van der Waals surface area contributed by atoms with E-state index in [1.165, 1.54) is 17.0 Å². The van der Waals surface area contributed by atoms with Crippen LogP contribution in [0.1, 0.15) is 29.3 Å². The fourth-order valence-corrected chi connectivity index (χ4v) is 3.76. The molecule has 0 amide bonds. The zero-order valence-electron chi connectivity index (χ0n) is 13.0. The summed E-state index contributed by atoms with van der Waals surface area (Å²) in [6, 6.07) is 11.0. The van der Waals surface area contributed by atoms with E-state index in [4.69, 9.17) is 4.74 Å². The Morgan fingerprint density at radius 3 is 2.87 bits per heavy atom. The molecule has 0 spiro atoms. The average Bonchev–Trinajstić information content (AvgIpc) is 3.20. The van der Waals surface area contributed by atoms with Gasteiger partial charge < -0.3 is 9.84 Å². The molecule has 2 unspecified atom stereocenters. The summed E-state index contributed by atoms with van der Waals surface area (Å²) in [6.45, 7) is 2.44. The lowest BCUT2D eigenvalue weighted by Gasteiger charge is -2.27. The van der Waals surface area contributed by atoms with Gasteiger partial charge in [-0.3, -0.25) is 4.90 Å². The van der Waals surface area contributed by atoms with Crippen molar-refractivity contribution in [2.75, 3.05) is 19.7 Å². The Morgan fingerprint density at radius 2 is 2.13 bits per heavy atom. The molecule has 1 aromatic carbocycles. The number of hydrogen-bond donors (Lipinski definition) is 1. The van der Waals surface area contributed by atoms with Gasteiger partial charge in [0, 0.05) is 17.5 Å². The molecule has 2 atom stereocenters. The molecule has 0 radical (unpaired) electrons. The number of nitrogens with zero attached hydrogens (tertiary/aromatic N) is 1. The van der Waals surface area contributed by atoms with Gasteiger partial charge in [-0.2, -0.15) is 0 Å². The molecule has 1 aromatic heterocycles. The van der Waals surface area contributed by atoms with E-state index in [0.29, 0.717) is 19.8 Å². The first-order chi connectivity index (χ1) is 11.2. The third-order valence-corrected chi connectivity index (χ3v) is 5.05. The van der Waals surface area contributed by atoms with Gasteiger partial charge in [-0.1, -0.05) is 18.2 Å². The molecule has 124 valence electrons. The zero-order valence-corrected chi connectivity index (χ0v) is 13.8. The fourth-order valence-electron chi connectivity index (χ4n) is 3.12. The van der Waals surface area contributed by atoms with E-state index in [-0.39, 0.29) is 11.9 Å². The van der Waals surface area contributed by atoms with Crippen LogP contribution in [0.2, 0.25) is 0 Å². The number of halogens is 1. The molecule has 2 heterocycles. The van der Waals surface area contributed by atoms with Gasteiger partial charge >= 0.3 is 0 Å². The second kappa shape index (κ2) is 8.02. The van der Waals surface area contributed by atoms with Crippen molar-refractivity contribution < 1.29 is 14.2 Å².